The molecule has 1 N–H and O–H groups in total. The first-order chi connectivity index (χ1) is 14.0. The molecule has 0 aromatic carbocycles. The molecule has 0 aliphatic heterocycles. The molecule has 0 aliphatic rings. The number of nitriles is 1. The quantitative estimate of drug-likeness (QED) is 0.389. The molecule has 0 radical (unpaired) electrons. The third kappa shape index (κ3) is 4.77. The minimum absolute atomic E-state index is 0.0917. The number of carboxylic acids is 1. The van der Waals surface area contributed by atoms with E-state index in [1.165, 1.54) is 18.6 Å². The van der Waals surface area contributed by atoms with Gasteiger partial charge in [-0.3, -0.25) is 0 Å². The van der Waals surface area contributed by atoms with E-state index in [2.05, 4.69) is 23.7 Å². The Hall–Kier alpha value is -3.28. The van der Waals surface area contributed by atoms with E-state index in [9.17, 15) is 10.1 Å². The van der Waals surface area contributed by atoms with Gasteiger partial charge in [-0.05, 0) is 37.3 Å². The Kier molecular flexibility index (Phi) is 6.54. The first-order valence-corrected chi connectivity index (χ1v) is 9.74. The standard InChI is InChI=1S/C21H16N2O4S2/c1-2-3-4-18(28)17-9-15(13-7-8-26-11-13)16(10-22)20(23-17)27-12-14-5-6-19(29-14)21(24)25/h2-9,11,28H,12H2,1H3,(H,24,25)/b3-2-,18-4-. The van der Waals surface area contributed by atoms with Crippen molar-refractivity contribution in [3.05, 3.63) is 76.0 Å². The minimum Gasteiger partial charge on any atom is -0.477 e. The van der Waals surface area contributed by atoms with Crippen LogP contribution in [0.15, 0.2) is 59.4 Å². The largest absolute Gasteiger partial charge is 0.477 e. The minimum atomic E-state index is -0.991. The molecule has 0 saturated carbocycles. The first kappa shape index (κ1) is 20.5. The number of carboxylic acid groups (broad SMARTS) is 1. The average molecular weight is 425 g/mol. The van der Waals surface area contributed by atoms with Crippen molar-refractivity contribution in [3.63, 3.8) is 0 Å². The summed E-state index contributed by atoms with van der Waals surface area (Å²) in [4.78, 5) is 17.0. The van der Waals surface area contributed by atoms with E-state index < -0.39 is 5.97 Å². The number of furan rings is 1. The zero-order valence-electron chi connectivity index (χ0n) is 15.3. The number of thiol groups is 1. The van der Waals surface area contributed by atoms with Crippen molar-refractivity contribution in [2.45, 2.75) is 13.5 Å². The van der Waals surface area contributed by atoms with Gasteiger partial charge in [0.15, 0.2) is 0 Å². The summed E-state index contributed by atoms with van der Waals surface area (Å²) in [5.41, 5.74) is 2.12. The Balaban J connectivity index is 2.02. The monoisotopic (exact) mass is 424 g/mol. The van der Waals surface area contributed by atoms with Gasteiger partial charge in [-0.15, -0.1) is 24.0 Å². The molecule has 146 valence electrons. The van der Waals surface area contributed by atoms with Gasteiger partial charge in [-0.25, -0.2) is 9.78 Å². The number of hydrogen-bond acceptors (Lipinski definition) is 7. The van der Waals surface area contributed by atoms with Gasteiger partial charge in [0.2, 0.25) is 5.88 Å². The van der Waals surface area contributed by atoms with Gasteiger partial charge < -0.3 is 14.3 Å². The molecule has 0 atom stereocenters. The number of aromatic carboxylic acids is 1. The molecule has 0 spiro atoms. The van der Waals surface area contributed by atoms with Crippen LogP contribution in [0.5, 0.6) is 5.88 Å². The van der Waals surface area contributed by atoms with Gasteiger partial charge in [0.1, 0.15) is 23.1 Å². The van der Waals surface area contributed by atoms with E-state index in [1.807, 2.05) is 19.1 Å². The van der Waals surface area contributed by atoms with E-state index >= 15 is 0 Å². The average Bonchev–Trinajstić information content (AvgIpc) is 3.41. The molecule has 3 aromatic heterocycles. The molecule has 3 heterocycles. The van der Waals surface area contributed by atoms with Crippen molar-refractivity contribution in [1.82, 2.24) is 4.98 Å². The van der Waals surface area contributed by atoms with Gasteiger partial charge in [-0.2, -0.15) is 5.26 Å². The van der Waals surface area contributed by atoms with Crippen LogP contribution in [-0.2, 0) is 6.61 Å². The third-order valence-corrected chi connectivity index (χ3v) is 5.29. The van der Waals surface area contributed by atoms with Crippen LogP contribution in [-0.4, -0.2) is 16.1 Å². The summed E-state index contributed by atoms with van der Waals surface area (Å²) in [7, 11) is 0. The zero-order valence-corrected chi connectivity index (χ0v) is 17.0. The van der Waals surface area contributed by atoms with E-state index in [0.29, 0.717) is 26.6 Å². The maximum absolute atomic E-state index is 11.1. The number of nitrogens with zero attached hydrogens (tertiary/aromatic N) is 2. The second kappa shape index (κ2) is 9.28. The molecule has 29 heavy (non-hydrogen) atoms. The predicted octanol–water partition coefficient (Wildman–Crippen LogP) is 5.40. The Morgan fingerprint density at radius 2 is 2.28 bits per heavy atom. The van der Waals surface area contributed by atoms with Crippen molar-refractivity contribution in [3.8, 4) is 23.1 Å². The topological polar surface area (TPSA) is 96.3 Å². The number of aromatic nitrogens is 1. The number of hydrogen-bond donors (Lipinski definition) is 2. The number of allylic oxidation sites excluding steroid dienone is 3. The lowest BCUT2D eigenvalue weighted by molar-refractivity contribution is 0.0702. The molecule has 0 unspecified atom stereocenters. The molecule has 0 bridgehead atoms. The van der Waals surface area contributed by atoms with Crippen LogP contribution in [0.1, 0.15) is 32.7 Å². The Bertz CT molecular complexity index is 1120. The molecule has 3 rings (SSSR count). The van der Waals surface area contributed by atoms with Crippen LogP contribution in [0.4, 0.5) is 0 Å². The molecule has 0 aliphatic carbocycles. The van der Waals surface area contributed by atoms with Gasteiger partial charge in [0.05, 0.1) is 18.2 Å². The summed E-state index contributed by atoms with van der Waals surface area (Å²) in [6, 6.07) is 8.84. The number of rotatable bonds is 7. The molecule has 0 amide bonds. The molecular weight excluding hydrogens is 408 g/mol. The van der Waals surface area contributed by atoms with Crippen LogP contribution in [0.25, 0.3) is 16.0 Å². The zero-order chi connectivity index (χ0) is 20.8. The van der Waals surface area contributed by atoms with Gasteiger partial charge in [-0.1, -0.05) is 12.2 Å². The summed E-state index contributed by atoms with van der Waals surface area (Å²) in [5, 5.41) is 18.8. The fourth-order valence-corrected chi connectivity index (χ4v) is 3.45. The lowest BCUT2D eigenvalue weighted by Crippen LogP contribution is -2.02. The van der Waals surface area contributed by atoms with Crippen LogP contribution in [0, 0.1) is 11.3 Å². The van der Waals surface area contributed by atoms with Crippen molar-refractivity contribution in [1.29, 1.82) is 5.26 Å². The highest BCUT2D eigenvalue weighted by Crippen LogP contribution is 2.33. The Morgan fingerprint density at radius 1 is 1.45 bits per heavy atom. The van der Waals surface area contributed by atoms with E-state index in [-0.39, 0.29) is 22.9 Å². The van der Waals surface area contributed by atoms with E-state index in [1.54, 1.807) is 24.3 Å². The fraction of sp³-hybridized carbons (Fsp3) is 0.0952. The van der Waals surface area contributed by atoms with Gasteiger partial charge >= 0.3 is 5.97 Å². The van der Waals surface area contributed by atoms with Crippen molar-refractivity contribution in [2.75, 3.05) is 0 Å². The number of pyridine rings is 1. The van der Waals surface area contributed by atoms with Crippen molar-refractivity contribution < 1.29 is 19.1 Å². The maximum Gasteiger partial charge on any atom is 0.345 e. The highest BCUT2D eigenvalue weighted by atomic mass is 32.1. The second-order valence-electron chi connectivity index (χ2n) is 5.80. The SMILES string of the molecule is C/C=C\C=C(/S)c1cc(-c2ccoc2)c(C#N)c(OCc2ccc(C(=O)O)s2)n1. The van der Waals surface area contributed by atoms with E-state index in [4.69, 9.17) is 14.3 Å². The highest BCUT2D eigenvalue weighted by Gasteiger charge is 2.18. The lowest BCUT2D eigenvalue weighted by atomic mass is 10.0. The van der Waals surface area contributed by atoms with Gasteiger partial charge in [0, 0.05) is 20.9 Å². The van der Waals surface area contributed by atoms with Crippen LogP contribution < -0.4 is 4.74 Å². The number of ether oxygens (including phenoxy) is 1. The predicted molar refractivity (Wildman–Crippen MR) is 114 cm³/mol. The summed E-state index contributed by atoms with van der Waals surface area (Å²) in [6.45, 7) is 1.98. The molecule has 3 aromatic rings. The van der Waals surface area contributed by atoms with Crippen LogP contribution in [0.2, 0.25) is 0 Å². The Labute approximate surface area is 176 Å². The third-order valence-electron chi connectivity index (χ3n) is 3.86. The molecular formula is C21H16N2O4S2. The summed E-state index contributed by atoms with van der Waals surface area (Å²) < 4.78 is 11.0. The van der Waals surface area contributed by atoms with E-state index in [0.717, 1.165) is 11.3 Å². The molecule has 0 fully saturated rings. The Morgan fingerprint density at radius 3 is 2.90 bits per heavy atom. The van der Waals surface area contributed by atoms with Crippen molar-refractivity contribution >= 4 is 34.8 Å². The number of thiophene rings is 1. The summed E-state index contributed by atoms with van der Waals surface area (Å²) >= 11 is 5.61. The van der Waals surface area contributed by atoms with Crippen LogP contribution in [0.3, 0.4) is 0 Å². The smallest absolute Gasteiger partial charge is 0.345 e. The normalized spacial score (nSPS) is 11.6. The first-order valence-electron chi connectivity index (χ1n) is 8.48. The fourth-order valence-electron chi connectivity index (χ4n) is 2.49. The van der Waals surface area contributed by atoms with Gasteiger partial charge in [0.25, 0.3) is 0 Å². The lowest BCUT2D eigenvalue weighted by Gasteiger charge is -2.12. The molecule has 8 heteroatoms. The summed E-state index contributed by atoms with van der Waals surface area (Å²) in [5.74, 6) is -0.845. The summed E-state index contributed by atoms with van der Waals surface area (Å²) in [6.07, 6.45) is 8.55. The van der Waals surface area contributed by atoms with Crippen molar-refractivity contribution in [2.24, 2.45) is 0 Å². The number of carbonyl (C=O) groups is 1. The second-order valence-corrected chi connectivity index (χ2v) is 7.45. The van der Waals surface area contributed by atoms with Crippen LogP contribution >= 0.6 is 24.0 Å². The molecule has 0 saturated heterocycles. The maximum atomic E-state index is 11.1. The molecule has 6 nitrogen and oxygen atoms in total. The highest BCUT2D eigenvalue weighted by molar-refractivity contribution is 7.90.